The molecule has 0 aromatic carbocycles. The van der Waals surface area contributed by atoms with Crippen LogP contribution in [0.25, 0.3) is 0 Å². The number of aryl methyl sites for hydroxylation is 2. The van der Waals surface area contributed by atoms with Gasteiger partial charge in [0.25, 0.3) is 0 Å². The van der Waals surface area contributed by atoms with Crippen molar-refractivity contribution in [3.05, 3.63) is 28.1 Å². The second-order valence-corrected chi connectivity index (χ2v) is 4.71. The number of hydrogen-bond donors (Lipinski definition) is 0. The SMILES string of the molecule is Cc1noc(C)c1Cn1c(Cl)nnc1C(C)C. The van der Waals surface area contributed by atoms with Crippen LogP contribution in [0.5, 0.6) is 0 Å². The van der Waals surface area contributed by atoms with Crippen LogP contribution >= 0.6 is 11.6 Å². The topological polar surface area (TPSA) is 56.7 Å². The third-order valence-electron chi connectivity index (χ3n) is 2.75. The molecular formula is C11H15ClN4O. The molecule has 2 aromatic rings. The van der Waals surface area contributed by atoms with E-state index in [-0.39, 0.29) is 5.92 Å². The number of hydrogen-bond acceptors (Lipinski definition) is 4. The Labute approximate surface area is 105 Å². The highest BCUT2D eigenvalue weighted by Crippen LogP contribution is 2.21. The van der Waals surface area contributed by atoms with Crippen LogP contribution in [0.1, 0.15) is 42.6 Å². The first-order valence-electron chi connectivity index (χ1n) is 5.51. The fourth-order valence-corrected chi connectivity index (χ4v) is 1.94. The number of halogens is 1. The summed E-state index contributed by atoms with van der Waals surface area (Å²) in [5.74, 6) is 1.95. The number of aromatic nitrogens is 4. The molecule has 2 rings (SSSR count). The average Bonchev–Trinajstić information content (AvgIpc) is 2.77. The highest BCUT2D eigenvalue weighted by molar-refractivity contribution is 6.28. The summed E-state index contributed by atoms with van der Waals surface area (Å²) in [5.41, 5.74) is 1.91. The van der Waals surface area contributed by atoms with Crippen LogP contribution in [0.2, 0.25) is 5.28 Å². The zero-order valence-corrected chi connectivity index (χ0v) is 11.1. The van der Waals surface area contributed by atoms with Crippen molar-refractivity contribution < 1.29 is 4.52 Å². The van der Waals surface area contributed by atoms with Gasteiger partial charge in [0.05, 0.1) is 12.2 Å². The van der Waals surface area contributed by atoms with Crippen LogP contribution in [0.15, 0.2) is 4.52 Å². The summed E-state index contributed by atoms with van der Waals surface area (Å²) in [4.78, 5) is 0. The van der Waals surface area contributed by atoms with Gasteiger partial charge in [-0.15, -0.1) is 10.2 Å². The maximum absolute atomic E-state index is 6.05. The van der Waals surface area contributed by atoms with Crippen molar-refractivity contribution in [2.24, 2.45) is 0 Å². The van der Waals surface area contributed by atoms with E-state index in [1.807, 2.05) is 18.4 Å². The van der Waals surface area contributed by atoms with Crippen molar-refractivity contribution in [1.29, 1.82) is 0 Å². The van der Waals surface area contributed by atoms with Gasteiger partial charge in [-0.05, 0) is 25.4 Å². The molecule has 5 nitrogen and oxygen atoms in total. The van der Waals surface area contributed by atoms with Crippen molar-refractivity contribution in [3.8, 4) is 0 Å². The van der Waals surface area contributed by atoms with Gasteiger partial charge in [-0.1, -0.05) is 19.0 Å². The molecule has 0 aliphatic rings. The Kier molecular flexibility index (Phi) is 3.19. The summed E-state index contributed by atoms with van der Waals surface area (Å²) in [6.45, 7) is 8.52. The predicted molar refractivity (Wildman–Crippen MR) is 64.2 cm³/mol. The molecule has 0 saturated carbocycles. The normalized spacial score (nSPS) is 11.4. The van der Waals surface area contributed by atoms with Crippen molar-refractivity contribution in [2.45, 2.75) is 40.2 Å². The Balaban J connectivity index is 2.39. The lowest BCUT2D eigenvalue weighted by molar-refractivity contribution is 0.392. The van der Waals surface area contributed by atoms with Crippen LogP contribution in [0.3, 0.4) is 0 Å². The quantitative estimate of drug-likeness (QED) is 0.845. The van der Waals surface area contributed by atoms with Crippen LogP contribution in [0, 0.1) is 13.8 Å². The second-order valence-electron chi connectivity index (χ2n) is 4.37. The molecule has 17 heavy (non-hydrogen) atoms. The van der Waals surface area contributed by atoms with E-state index >= 15 is 0 Å². The van der Waals surface area contributed by atoms with Gasteiger partial charge in [0.1, 0.15) is 11.6 Å². The minimum absolute atomic E-state index is 0.274. The minimum Gasteiger partial charge on any atom is -0.361 e. The first-order valence-corrected chi connectivity index (χ1v) is 5.88. The van der Waals surface area contributed by atoms with E-state index in [9.17, 15) is 0 Å². The number of rotatable bonds is 3. The molecule has 6 heteroatoms. The first-order chi connectivity index (χ1) is 8.00. The summed E-state index contributed by atoms with van der Waals surface area (Å²) >= 11 is 6.05. The van der Waals surface area contributed by atoms with Crippen molar-refractivity contribution >= 4 is 11.6 Å². The van der Waals surface area contributed by atoms with Crippen LogP contribution in [-0.2, 0) is 6.54 Å². The van der Waals surface area contributed by atoms with E-state index in [2.05, 4.69) is 29.2 Å². The van der Waals surface area contributed by atoms with E-state index in [0.717, 1.165) is 22.8 Å². The highest BCUT2D eigenvalue weighted by atomic mass is 35.5. The zero-order chi connectivity index (χ0) is 12.6. The standard InChI is InChI=1S/C11H15ClN4O/c1-6(2)10-13-14-11(12)16(10)5-9-7(3)15-17-8(9)4/h6H,5H2,1-4H3. The Morgan fingerprint density at radius 3 is 2.53 bits per heavy atom. The monoisotopic (exact) mass is 254 g/mol. The van der Waals surface area contributed by atoms with Gasteiger partial charge in [-0.3, -0.25) is 4.57 Å². The maximum Gasteiger partial charge on any atom is 0.225 e. The van der Waals surface area contributed by atoms with Gasteiger partial charge < -0.3 is 4.52 Å². The number of nitrogens with zero attached hydrogens (tertiary/aromatic N) is 4. The molecule has 0 atom stereocenters. The van der Waals surface area contributed by atoms with Gasteiger partial charge in [-0.2, -0.15) is 0 Å². The van der Waals surface area contributed by atoms with Crippen LogP contribution < -0.4 is 0 Å². The zero-order valence-electron chi connectivity index (χ0n) is 10.4. The maximum atomic E-state index is 6.05. The molecule has 0 amide bonds. The minimum atomic E-state index is 0.274. The van der Waals surface area contributed by atoms with Gasteiger partial charge in [0.15, 0.2) is 0 Å². The predicted octanol–water partition coefficient (Wildman–Crippen LogP) is 2.71. The third kappa shape index (κ3) is 2.20. The molecular weight excluding hydrogens is 240 g/mol. The Morgan fingerprint density at radius 2 is 2.00 bits per heavy atom. The molecule has 0 saturated heterocycles. The molecule has 2 aromatic heterocycles. The van der Waals surface area contributed by atoms with Crippen LogP contribution in [-0.4, -0.2) is 19.9 Å². The molecule has 0 bridgehead atoms. The Bertz CT molecular complexity index is 510. The molecule has 0 radical (unpaired) electrons. The van der Waals surface area contributed by atoms with E-state index in [1.165, 1.54) is 0 Å². The van der Waals surface area contributed by atoms with Crippen molar-refractivity contribution in [3.63, 3.8) is 0 Å². The van der Waals surface area contributed by atoms with Gasteiger partial charge in [0, 0.05) is 11.5 Å². The lowest BCUT2D eigenvalue weighted by Gasteiger charge is -2.09. The summed E-state index contributed by atoms with van der Waals surface area (Å²) in [7, 11) is 0. The molecule has 2 heterocycles. The molecule has 0 spiro atoms. The Morgan fingerprint density at radius 1 is 1.29 bits per heavy atom. The molecule has 0 aliphatic carbocycles. The smallest absolute Gasteiger partial charge is 0.225 e. The van der Waals surface area contributed by atoms with Gasteiger partial charge >= 0.3 is 0 Å². The largest absolute Gasteiger partial charge is 0.361 e. The fourth-order valence-electron chi connectivity index (χ4n) is 1.75. The summed E-state index contributed by atoms with van der Waals surface area (Å²) in [6, 6.07) is 0. The summed E-state index contributed by atoms with van der Waals surface area (Å²) in [5, 5.41) is 12.3. The third-order valence-corrected chi connectivity index (χ3v) is 3.03. The molecule has 0 N–H and O–H groups in total. The highest BCUT2D eigenvalue weighted by Gasteiger charge is 2.17. The van der Waals surface area contributed by atoms with Crippen molar-refractivity contribution in [2.75, 3.05) is 0 Å². The molecule has 0 aliphatic heterocycles. The molecule has 0 unspecified atom stereocenters. The van der Waals surface area contributed by atoms with E-state index in [1.54, 1.807) is 0 Å². The molecule has 92 valence electrons. The van der Waals surface area contributed by atoms with E-state index in [4.69, 9.17) is 16.1 Å². The summed E-state index contributed by atoms with van der Waals surface area (Å²) in [6.07, 6.45) is 0. The van der Waals surface area contributed by atoms with Crippen molar-refractivity contribution in [1.82, 2.24) is 19.9 Å². The average molecular weight is 255 g/mol. The van der Waals surface area contributed by atoms with E-state index < -0.39 is 0 Å². The first kappa shape index (κ1) is 12.1. The van der Waals surface area contributed by atoms with Gasteiger partial charge in [-0.25, -0.2) is 0 Å². The lowest BCUT2D eigenvalue weighted by atomic mass is 10.2. The second kappa shape index (κ2) is 4.49. The Hall–Kier alpha value is -1.36. The summed E-state index contributed by atoms with van der Waals surface area (Å²) < 4.78 is 7.02. The fraction of sp³-hybridized carbons (Fsp3) is 0.545. The lowest BCUT2D eigenvalue weighted by Crippen LogP contribution is -2.08. The molecule has 0 fully saturated rings. The van der Waals surface area contributed by atoms with Crippen LogP contribution in [0.4, 0.5) is 0 Å². The van der Waals surface area contributed by atoms with E-state index in [0.29, 0.717) is 11.8 Å². The van der Waals surface area contributed by atoms with Gasteiger partial charge in [0.2, 0.25) is 5.28 Å².